The predicted molar refractivity (Wildman–Crippen MR) is 120 cm³/mol. The normalized spacial score (nSPS) is 13.4. The van der Waals surface area contributed by atoms with Crippen LogP contribution in [0.25, 0.3) is 22.8 Å². The van der Waals surface area contributed by atoms with E-state index in [1.165, 1.54) is 12.1 Å². The fraction of sp³-hybridized carbons (Fsp3) is 0.259. The van der Waals surface area contributed by atoms with Crippen LogP contribution >= 0.6 is 0 Å². The third-order valence-electron chi connectivity index (χ3n) is 6.03. The zero-order valence-electron chi connectivity index (χ0n) is 19.0. The average molecular weight is 512 g/mol. The van der Waals surface area contributed by atoms with Gasteiger partial charge in [0.25, 0.3) is 0 Å². The van der Waals surface area contributed by atoms with Crippen LogP contribution in [0.1, 0.15) is 48.4 Å². The Morgan fingerprint density at radius 3 is 2.14 bits per heavy atom. The van der Waals surface area contributed by atoms with Gasteiger partial charge in [-0.15, -0.1) is 13.2 Å². The molecule has 0 fully saturated rings. The highest BCUT2D eigenvalue weighted by Crippen LogP contribution is 2.40. The summed E-state index contributed by atoms with van der Waals surface area (Å²) in [5.41, 5.74) is 0.487. The molecule has 1 aliphatic rings. The van der Waals surface area contributed by atoms with Gasteiger partial charge in [0.2, 0.25) is 5.75 Å². The number of rotatable bonds is 6. The minimum atomic E-state index is -5.36. The van der Waals surface area contributed by atoms with Crippen molar-refractivity contribution in [1.29, 1.82) is 0 Å². The second kappa shape index (κ2) is 9.95. The molecule has 0 spiro atoms. The molecule has 0 heterocycles. The van der Waals surface area contributed by atoms with Crippen molar-refractivity contribution >= 4 is 11.6 Å². The van der Waals surface area contributed by atoms with Crippen molar-refractivity contribution < 1.29 is 39.9 Å². The number of fused-ring (bicyclic) bond motifs is 1. The Balaban J connectivity index is 1.71. The van der Waals surface area contributed by atoms with Crippen molar-refractivity contribution in [2.24, 2.45) is 0 Å². The van der Waals surface area contributed by atoms with E-state index in [1.807, 2.05) is 13.0 Å². The van der Waals surface area contributed by atoms with E-state index in [1.54, 1.807) is 6.07 Å². The van der Waals surface area contributed by atoms with Gasteiger partial charge in [-0.3, -0.25) is 0 Å². The molecule has 1 nitrogen and oxygen atoms in total. The lowest BCUT2D eigenvalue weighted by molar-refractivity contribution is -0.276. The highest BCUT2D eigenvalue weighted by atomic mass is 19.4. The monoisotopic (exact) mass is 512 g/mol. The molecule has 190 valence electrons. The van der Waals surface area contributed by atoms with E-state index in [0.29, 0.717) is 23.3 Å². The number of benzene rings is 3. The van der Waals surface area contributed by atoms with Gasteiger partial charge in [-0.25, -0.2) is 22.0 Å². The molecule has 0 radical (unpaired) electrons. The lowest BCUT2D eigenvalue weighted by atomic mass is 9.85. The van der Waals surface area contributed by atoms with E-state index in [-0.39, 0.29) is 24.0 Å². The number of hydrogen-bond donors (Lipinski definition) is 0. The third kappa shape index (κ3) is 5.24. The maximum absolute atomic E-state index is 15.3. The number of hydrogen-bond acceptors (Lipinski definition) is 1. The number of alkyl halides is 3. The first-order valence-corrected chi connectivity index (χ1v) is 11.2. The number of unbranched alkanes of at least 4 members (excludes halogenated alkanes) is 1. The van der Waals surface area contributed by atoms with Crippen molar-refractivity contribution in [3.8, 4) is 16.9 Å². The quantitative estimate of drug-likeness (QED) is 0.300. The van der Waals surface area contributed by atoms with E-state index in [4.69, 9.17) is 0 Å². The SMILES string of the molecule is CCCCc1ccc(C2=Cc3cc(F)c(-c4cc(F)c(OC(F)(F)F)c(F)c4)c(F)c3CC2)c(F)c1. The summed E-state index contributed by atoms with van der Waals surface area (Å²) in [7, 11) is 0. The molecule has 4 rings (SSSR count). The molecule has 3 aromatic rings. The van der Waals surface area contributed by atoms with Crippen molar-refractivity contribution in [3.63, 3.8) is 0 Å². The Hall–Kier alpha value is -3.36. The zero-order chi connectivity index (χ0) is 26.2. The number of ether oxygens (including phenoxy) is 1. The Morgan fingerprint density at radius 2 is 1.53 bits per heavy atom. The van der Waals surface area contributed by atoms with Crippen LogP contribution in [0.3, 0.4) is 0 Å². The fourth-order valence-corrected chi connectivity index (χ4v) is 4.33. The lowest BCUT2D eigenvalue weighted by Gasteiger charge is -2.20. The second-order valence-electron chi connectivity index (χ2n) is 8.52. The van der Waals surface area contributed by atoms with E-state index < -0.39 is 52.3 Å². The standard InChI is InChI=1S/C27H20F8O/c1-2-3-4-14-5-7-18(20(28)9-14)15-6-8-19-16(10-15)11-21(29)24(25(19)32)17-12-22(30)26(23(31)13-17)36-27(33,34)35/h5,7,9-13H,2-4,6,8H2,1H3. The van der Waals surface area contributed by atoms with Gasteiger partial charge in [0, 0.05) is 5.56 Å². The van der Waals surface area contributed by atoms with Crippen molar-refractivity contribution in [1.82, 2.24) is 0 Å². The van der Waals surface area contributed by atoms with E-state index in [0.717, 1.165) is 30.9 Å². The van der Waals surface area contributed by atoms with Crippen LogP contribution in [0.4, 0.5) is 35.1 Å². The molecule has 0 amide bonds. The molecule has 36 heavy (non-hydrogen) atoms. The van der Waals surface area contributed by atoms with E-state index in [2.05, 4.69) is 4.74 Å². The molecule has 0 aliphatic heterocycles. The molecule has 0 bridgehead atoms. The summed E-state index contributed by atoms with van der Waals surface area (Å²) in [5, 5.41) is 0. The van der Waals surface area contributed by atoms with Crippen molar-refractivity contribution in [2.45, 2.75) is 45.4 Å². The molecule has 0 N–H and O–H groups in total. The van der Waals surface area contributed by atoms with Crippen LogP contribution in [-0.2, 0) is 12.8 Å². The molecule has 0 saturated carbocycles. The molecule has 0 saturated heterocycles. The molecule has 3 aromatic carbocycles. The first-order valence-electron chi connectivity index (χ1n) is 11.2. The van der Waals surface area contributed by atoms with Gasteiger partial charge < -0.3 is 4.74 Å². The topological polar surface area (TPSA) is 9.23 Å². The molecule has 1 aliphatic carbocycles. The number of halogens is 8. The second-order valence-corrected chi connectivity index (χ2v) is 8.52. The van der Waals surface area contributed by atoms with Gasteiger partial charge in [-0.1, -0.05) is 31.6 Å². The Labute approximate surface area is 202 Å². The minimum Gasteiger partial charge on any atom is -0.399 e. The first-order chi connectivity index (χ1) is 17.0. The predicted octanol–water partition coefficient (Wildman–Crippen LogP) is 8.78. The van der Waals surface area contributed by atoms with Gasteiger partial charge in [-0.05, 0) is 77.8 Å². The maximum atomic E-state index is 15.3. The summed E-state index contributed by atoms with van der Waals surface area (Å²) >= 11 is 0. The van der Waals surface area contributed by atoms with Crippen LogP contribution in [-0.4, -0.2) is 6.36 Å². The number of aryl methyl sites for hydroxylation is 1. The molecule has 9 heteroatoms. The maximum Gasteiger partial charge on any atom is 0.573 e. The van der Waals surface area contributed by atoms with Crippen molar-refractivity contribution in [3.05, 3.63) is 87.7 Å². The Bertz CT molecular complexity index is 1320. The summed E-state index contributed by atoms with van der Waals surface area (Å²) < 4.78 is 114. The first kappa shape index (κ1) is 25.7. The van der Waals surface area contributed by atoms with Crippen LogP contribution in [0.15, 0.2) is 36.4 Å². The Morgan fingerprint density at radius 1 is 0.833 bits per heavy atom. The van der Waals surface area contributed by atoms with Crippen LogP contribution in [0, 0.1) is 29.1 Å². The largest absolute Gasteiger partial charge is 0.573 e. The summed E-state index contributed by atoms with van der Waals surface area (Å²) in [5.74, 6) is -7.97. The van der Waals surface area contributed by atoms with Gasteiger partial charge >= 0.3 is 6.36 Å². The van der Waals surface area contributed by atoms with Crippen LogP contribution < -0.4 is 4.74 Å². The summed E-state index contributed by atoms with van der Waals surface area (Å²) in [6.45, 7) is 2.03. The highest BCUT2D eigenvalue weighted by molar-refractivity contribution is 5.86. The minimum absolute atomic E-state index is 0.0477. The highest BCUT2D eigenvalue weighted by Gasteiger charge is 2.34. The average Bonchev–Trinajstić information content (AvgIpc) is 2.79. The molecule has 0 unspecified atom stereocenters. The van der Waals surface area contributed by atoms with Crippen molar-refractivity contribution in [2.75, 3.05) is 0 Å². The molecular weight excluding hydrogens is 492 g/mol. The zero-order valence-corrected chi connectivity index (χ0v) is 19.0. The lowest BCUT2D eigenvalue weighted by Crippen LogP contribution is -2.19. The van der Waals surface area contributed by atoms with E-state index >= 15 is 4.39 Å². The van der Waals surface area contributed by atoms with E-state index in [9.17, 15) is 30.7 Å². The molecule has 0 atom stereocenters. The molecular formula is C27H20F8O. The molecule has 0 aromatic heterocycles. The third-order valence-corrected chi connectivity index (χ3v) is 6.03. The Kier molecular flexibility index (Phi) is 7.11. The smallest absolute Gasteiger partial charge is 0.399 e. The van der Waals surface area contributed by atoms with Gasteiger partial charge in [0.05, 0.1) is 5.56 Å². The summed E-state index contributed by atoms with van der Waals surface area (Å²) in [6.07, 6.45) is -1.000. The van der Waals surface area contributed by atoms with Crippen LogP contribution in [0.2, 0.25) is 0 Å². The van der Waals surface area contributed by atoms with Crippen LogP contribution in [0.5, 0.6) is 5.75 Å². The summed E-state index contributed by atoms with van der Waals surface area (Å²) in [6, 6.07) is 6.59. The fourth-order valence-electron chi connectivity index (χ4n) is 4.33. The number of allylic oxidation sites excluding steroid dienone is 1. The van der Waals surface area contributed by atoms with Gasteiger partial charge in [0.1, 0.15) is 17.5 Å². The van der Waals surface area contributed by atoms with Gasteiger partial charge in [0.15, 0.2) is 11.6 Å². The summed E-state index contributed by atoms with van der Waals surface area (Å²) in [4.78, 5) is 0. The van der Waals surface area contributed by atoms with Gasteiger partial charge in [-0.2, -0.15) is 0 Å².